The van der Waals surface area contributed by atoms with Crippen molar-refractivity contribution in [2.45, 2.75) is 19.4 Å². The highest BCUT2D eigenvalue weighted by molar-refractivity contribution is 5.37. The summed E-state index contributed by atoms with van der Waals surface area (Å²) in [6.45, 7) is 1.94. The molecule has 1 unspecified atom stereocenters. The average Bonchev–Trinajstić information content (AvgIpc) is 2.98. The molecule has 0 aliphatic rings. The molecular formula is C10H16N8O. The van der Waals surface area contributed by atoms with E-state index in [4.69, 9.17) is 5.84 Å². The van der Waals surface area contributed by atoms with E-state index in [1.165, 1.54) is 4.68 Å². The van der Waals surface area contributed by atoms with Crippen molar-refractivity contribution in [2.24, 2.45) is 5.84 Å². The zero-order valence-corrected chi connectivity index (χ0v) is 10.5. The SMILES string of the molecule is CCC(CO)Nc1nc(NN)nc(-n2cccn2)n1. The van der Waals surface area contributed by atoms with E-state index in [-0.39, 0.29) is 18.6 Å². The van der Waals surface area contributed by atoms with Crippen molar-refractivity contribution in [2.75, 3.05) is 17.3 Å². The van der Waals surface area contributed by atoms with Crippen LogP contribution in [-0.4, -0.2) is 42.5 Å². The maximum absolute atomic E-state index is 9.18. The molecule has 19 heavy (non-hydrogen) atoms. The predicted octanol–water partition coefficient (Wildman–Crippen LogP) is -0.474. The van der Waals surface area contributed by atoms with Gasteiger partial charge in [-0.3, -0.25) is 5.43 Å². The first-order valence-corrected chi connectivity index (χ1v) is 5.87. The molecule has 0 radical (unpaired) electrons. The highest BCUT2D eigenvalue weighted by atomic mass is 16.3. The van der Waals surface area contributed by atoms with Crippen LogP contribution in [0.25, 0.3) is 5.95 Å². The molecular weight excluding hydrogens is 248 g/mol. The minimum atomic E-state index is -0.126. The van der Waals surface area contributed by atoms with Gasteiger partial charge in [-0.2, -0.15) is 20.1 Å². The summed E-state index contributed by atoms with van der Waals surface area (Å²) in [6, 6.07) is 1.63. The molecule has 9 heteroatoms. The third-order valence-corrected chi connectivity index (χ3v) is 2.51. The number of rotatable bonds is 6. The normalized spacial score (nSPS) is 12.2. The molecule has 2 aromatic rings. The van der Waals surface area contributed by atoms with Gasteiger partial charge in [0.15, 0.2) is 0 Å². The summed E-state index contributed by atoms with van der Waals surface area (Å²) < 4.78 is 1.49. The number of hydrogen-bond acceptors (Lipinski definition) is 8. The zero-order chi connectivity index (χ0) is 13.7. The highest BCUT2D eigenvalue weighted by Gasteiger charge is 2.11. The molecule has 0 bridgehead atoms. The fourth-order valence-corrected chi connectivity index (χ4v) is 1.44. The van der Waals surface area contributed by atoms with Gasteiger partial charge in [0, 0.05) is 12.4 Å². The second-order valence-corrected chi connectivity index (χ2v) is 3.81. The summed E-state index contributed by atoms with van der Waals surface area (Å²) >= 11 is 0. The first-order chi connectivity index (χ1) is 9.26. The Hall–Kier alpha value is -2.26. The fraction of sp³-hybridized carbons (Fsp3) is 0.400. The van der Waals surface area contributed by atoms with E-state index in [0.29, 0.717) is 11.9 Å². The first-order valence-electron chi connectivity index (χ1n) is 5.87. The summed E-state index contributed by atoms with van der Waals surface area (Å²) in [5.41, 5.74) is 2.37. The lowest BCUT2D eigenvalue weighted by molar-refractivity contribution is 0.271. The van der Waals surface area contributed by atoms with Gasteiger partial charge in [0.05, 0.1) is 12.6 Å². The monoisotopic (exact) mass is 264 g/mol. The molecule has 2 rings (SSSR count). The summed E-state index contributed by atoms with van der Waals surface area (Å²) in [6.07, 6.45) is 4.07. The third kappa shape index (κ3) is 3.14. The Balaban J connectivity index is 2.31. The molecule has 1 atom stereocenters. The zero-order valence-electron chi connectivity index (χ0n) is 10.5. The number of aliphatic hydroxyl groups excluding tert-OH is 1. The van der Waals surface area contributed by atoms with Gasteiger partial charge < -0.3 is 10.4 Å². The second kappa shape index (κ2) is 6.07. The van der Waals surface area contributed by atoms with Gasteiger partial charge in [0.2, 0.25) is 11.9 Å². The van der Waals surface area contributed by atoms with E-state index in [9.17, 15) is 5.11 Å². The standard InChI is InChI=1S/C10H16N8O/c1-2-7(6-19)13-8-14-9(17-11)16-10(15-8)18-5-3-4-12-18/h3-5,7,19H,2,6,11H2,1H3,(H2,13,14,15,16,17). The predicted molar refractivity (Wildman–Crippen MR) is 69.5 cm³/mol. The van der Waals surface area contributed by atoms with Crippen LogP contribution in [0.15, 0.2) is 18.5 Å². The van der Waals surface area contributed by atoms with E-state index in [1.54, 1.807) is 18.5 Å². The molecule has 102 valence electrons. The van der Waals surface area contributed by atoms with Crippen molar-refractivity contribution in [3.63, 3.8) is 0 Å². The minimum absolute atomic E-state index is 0.00925. The molecule has 5 N–H and O–H groups in total. The van der Waals surface area contributed by atoms with Gasteiger partial charge in [-0.05, 0) is 12.5 Å². The van der Waals surface area contributed by atoms with Crippen molar-refractivity contribution in [3.8, 4) is 5.95 Å². The maximum Gasteiger partial charge on any atom is 0.257 e. The van der Waals surface area contributed by atoms with E-state index in [0.717, 1.165) is 6.42 Å². The van der Waals surface area contributed by atoms with Crippen LogP contribution in [0, 0.1) is 0 Å². The Morgan fingerprint density at radius 1 is 1.37 bits per heavy atom. The van der Waals surface area contributed by atoms with Crippen molar-refractivity contribution >= 4 is 11.9 Å². The quantitative estimate of drug-likeness (QED) is 0.407. The van der Waals surface area contributed by atoms with Gasteiger partial charge in [0.25, 0.3) is 5.95 Å². The van der Waals surface area contributed by atoms with E-state index < -0.39 is 0 Å². The van der Waals surface area contributed by atoms with E-state index in [2.05, 4.69) is 30.8 Å². The van der Waals surface area contributed by atoms with Gasteiger partial charge in [-0.15, -0.1) is 0 Å². The third-order valence-electron chi connectivity index (χ3n) is 2.51. The topological polar surface area (TPSA) is 127 Å². The molecule has 0 saturated heterocycles. The summed E-state index contributed by atoms with van der Waals surface area (Å²) in [7, 11) is 0. The number of aliphatic hydroxyl groups is 1. The molecule has 0 spiro atoms. The molecule has 2 aromatic heterocycles. The Bertz CT molecular complexity index is 510. The molecule has 0 aromatic carbocycles. The van der Waals surface area contributed by atoms with Crippen LogP contribution in [0.5, 0.6) is 0 Å². The molecule has 9 nitrogen and oxygen atoms in total. The van der Waals surface area contributed by atoms with Crippen LogP contribution >= 0.6 is 0 Å². The van der Waals surface area contributed by atoms with Crippen molar-refractivity contribution < 1.29 is 5.11 Å². The van der Waals surface area contributed by atoms with Crippen molar-refractivity contribution in [3.05, 3.63) is 18.5 Å². The van der Waals surface area contributed by atoms with Crippen LogP contribution in [0.2, 0.25) is 0 Å². The van der Waals surface area contributed by atoms with Crippen LogP contribution in [-0.2, 0) is 0 Å². The van der Waals surface area contributed by atoms with Gasteiger partial charge >= 0.3 is 0 Å². The lowest BCUT2D eigenvalue weighted by Gasteiger charge is -2.14. The number of nitrogens with one attached hydrogen (secondary N) is 2. The minimum Gasteiger partial charge on any atom is -0.394 e. The smallest absolute Gasteiger partial charge is 0.257 e. The van der Waals surface area contributed by atoms with Gasteiger partial charge in [-0.25, -0.2) is 10.5 Å². The number of nitrogen functional groups attached to an aromatic ring is 1. The van der Waals surface area contributed by atoms with E-state index in [1.807, 2.05) is 6.92 Å². The Kier molecular flexibility index (Phi) is 4.21. The molecule has 0 aliphatic carbocycles. The molecule has 0 fully saturated rings. The van der Waals surface area contributed by atoms with E-state index >= 15 is 0 Å². The highest BCUT2D eigenvalue weighted by Crippen LogP contribution is 2.09. The Labute approximate surface area is 109 Å². The van der Waals surface area contributed by atoms with Crippen LogP contribution in [0.4, 0.5) is 11.9 Å². The summed E-state index contributed by atoms with van der Waals surface area (Å²) in [5.74, 6) is 6.21. The molecule has 0 saturated carbocycles. The van der Waals surface area contributed by atoms with Crippen molar-refractivity contribution in [1.29, 1.82) is 0 Å². The summed E-state index contributed by atoms with van der Waals surface area (Å²) in [4.78, 5) is 12.4. The number of nitrogens with zero attached hydrogens (tertiary/aromatic N) is 5. The Morgan fingerprint density at radius 2 is 2.16 bits per heavy atom. The lowest BCUT2D eigenvalue weighted by atomic mass is 10.2. The second-order valence-electron chi connectivity index (χ2n) is 3.81. The van der Waals surface area contributed by atoms with Crippen LogP contribution < -0.4 is 16.6 Å². The molecule has 0 aliphatic heterocycles. The van der Waals surface area contributed by atoms with Crippen molar-refractivity contribution in [1.82, 2.24) is 24.7 Å². The lowest BCUT2D eigenvalue weighted by Crippen LogP contribution is -2.25. The summed E-state index contributed by atoms with van der Waals surface area (Å²) in [5, 5.41) is 16.2. The average molecular weight is 264 g/mol. The number of aromatic nitrogens is 5. The number of anilines is 2. The number of hydrazine groups is 1. The van der Waals surface area contributed by atoms with Crippen LogP contribution in [0.1, 0.15) is 13.3 Å². The molecule has 0 amide bonds. The largest absolute Gasteiger partial charge is 0.394 e. The maximum atomic E-state index is 9.18. The number of hydrogen-bond donors (Lipinski definition) is 4. The number of nitrogens with two attached hydrogens (primary N) is 1. The fourth-order valence-electron chi connectivity index (χ4n) is 1.44. The first kappa shape index (κ1) is 13.2. The van der Waals surface area contributed by atoms with Crippen LogP contribution in [0.3, 0.4) is 0 Å². The van der Waals surface area contributed by atoms with Gasteiger partial charge in [0.1, 0.15) is 0 Å². The molecule has 2 heterocycles. The Morgan fingerprint density at radius 3 is 2.74 bits per heavy atom. The van der Waals surface area contributed by atoms with Gasteiger partial charge in [-0.1, -0.05) is 6.92 Å².